The molecule has 3 heteroatoms. The number of ether oxygens (including phenoxy) is 1. The van der Waals surface area contributed by atoms with Crippen LogP contribution in [0, 0.1) is 3.57 Å². The number of hydrogen-bond acceptors (Lipinski definition) is 2. The lowest BCUT2D eigenvalue weighted by Gasteiger charge is -2.11. The van der Waals surface area contributed by atoms with Crippen molar-refractivity contribution in [2.24, 2.45) is 0 Å². The van der Waals surface area contributed by atoms with Crippen molar-refractivity contribution in [1.29, 1.82) is 0 Å². The molecular weight excluding hydrogens is 291 g/mol. The van der Waals surface area contributed by atoms with E-state index in [-0.39, 0.29) is 6.61 Å². The first-order valence-electron chi connectivity index (χ1n) is 4.80. The van der Waals surface area contributed by atoms with Crippen LogP contribution in [0.3, 0.4) is 0 Å². The molecule has 0 unspecified atom stereocenters. The van der Waals surface area contributed by atoms with Gasteiger partial charge in [0.2, 0.25) is 0 Å². The molecule has 0 radical (unpaired) electrons. The van der Waals surface area contributed by atoms with Gasteiger partial charge in [-0.1, -0.05) is 25.5 Å². The monoisotopic (exact) mass is 306 g/mol. The Bertz CT molecular complexity index is 287. The highest BCUT2D eigenvalue weighted by Crippen LogP contribution is 2.25. The van der Waals surface area contributed by atoms with E-state index in [1.807, 2.05) is 18.2 Å². The fourth-order valence-corrected chi connectivity index (χ4v) is 1.87. The summed E-state index contributed by atoms with van der Waals surface area (Å²) in [6.45, 7) is 2.90. The highest BCUT2D eigenvalue weighted by molar-refractivity contribution is 14.1. The van der Waals surface area contributed by atoms with Gasteiger partial charge < -0.3 is 9.84 Å². The van der Waals surface area contributed by atoms with Gasteiger partial charge in [0.25, 0.3) is 0 Å². The van der Waals surface area contributed by atoms with Crippen LogP contribution in [0.25, 0.3) is 0 Å². The van der Waals surface area contributed by atoms with E-state index in [4.69, 9.17) is 9.84 Å². The number of rotatable bonds is 5. The Morgan fingerprint density at radius 3 is 2.86 bits per heavy atom. The van der Waals surface area contributed by atoms with Crippen molar-refractivity contribution >= 4 is 22.6 Å². The van der Waals surface area contributed by atoms with Crippen molar-refractivity contribution in [1.82, 2.24) is 0 Å². The van der Waals surface area contributed by atoms with Crippen LogP contribution in [0.15, 0.2) is 18.2 Å². The summed E-state index contributed by atoms with van der Waals surface area (Å²) in [4.78, 5) is 0. The van der Waals surface area contributed by atoms with E-state index in [1.165, 1.54) is 0 Å². The summed E-state index contributed by atoms with van der Waals surface area (Å²) in [6, 6.07) is 5.81. The van der Waals surface area contributed by atoms with E-state index in [0.717, 1.165) is 34.3 Å². The Morgan fingerprint density at radius 1 is 1.43 bits per heavy atom. The molecule has 1 aromatic rings. The number of benzene rings is 1. The van der Waals surface area contributed by atoms with Crippen LogP contribution in [-0.2, 0) is 6.61 Å². The lowest BCUT2D eigenvalue weighted by Crippen LogP contribution is -2.01. The molecule has 2 nitrogen and oxygen atoms in total. The summed E-state index contributed by atoms with van der Waals surface area (Å²) in [7, 11) is 0. The van der Waals surface area contributed by atoms with Gasteiger partial charge in [-0.2, -0.15) is 0 Å². The van der Waals surface area contributed by atoms with Gasteiger partial charge in [0, 0.05) is 5.56 Å². The molecule has 1 aromatic carbocycles. The number of unbranched alkanes of at least 4 members (excludes halogenated alkanes) is 1. The molecule has 0 fully saturated rings. The second-order valence-corrected chi connectivity index (χ2v) is 4.25. The van der Waals surface area contributed by atoms with E-state index in [9.17, 15) is 0 Å². The molecule has 0 heterocycles. The van der Waals surface area contributed by atoms with Gasteiger partial charge in [-0.05, 0) is 35.1 Å². The third-order valence-electron chi connectivity index (χ3n) is 1.96. The zero-order valence-electron chi connectivity index (χ0n) is 8.29. The molecule has 0 amide bonds. The normalized spacial score (nSPS) is 10.2. The Kier molecular flexibility index (Phi) is 5.25. The van der Waals surface area contributed by atoms with Gasteiger partial charge in [0.1, 0.15) is 5.75 Å². The topological polar surface area (TPSA) is 29.5 Å². The fourth-order valence-electron chi connectivity index (χ4n) is 1.16. The van der Waals surface area contributed by atoms with Gasteiger partial charge >= 0.3 is 0 Å². The Labute approximate surface area is 98.4 Å². The van der Waals surface area contributed by atoms with Crippen molar-refractivity contribution < 1.29 is 9.84 Å². The fraction of sp³-hybridized carbons (Fsp3) is 0.455. The minimum Gasteiger partial charge on any atom is -0.492 e. The van der Waals surface area contributed by atoms with Gasteiger partial charge in [0.05, 0.1) is 16.8 Å². The molecule has 0 aliphatic rings. The summed E-state index contributed by atoms with van der Waals surface area (Å²) in [5.41, 5.74) is 0.869. The predicted molar refractivity (Wildman–Crippen MR) is 65.5 cm³/mol. The van der Waals surface area contributed by atoms with Crippen molar-refractivity contribution in [2.75, 3.05) is 6.61 Å². The number of halogens is 1. The average molecular weight is 306 g/mol. The van der Waals surface area contributed by atoms with E-state index in [1.54, 1.807) is 0 Å². The third kappa shape index (κ3) is 3.13. The maximum absolute atomic E-state index is 9.12. The van der Waals surface area contributed by atoms with Gasteiger partial charge in [0.15, 0.2) is 0 Å². The number of aliphatic hydroxyl groups excluding tert-OH is 1. The summed E-state index contributed by atoms with van der Waals surface area (Å²) in [5.74, 6) is 0.837. The molecule has 0 saturated heterocycles. The van der Waals surface area contributed by atoms with Crippen LogP contribution >= 0.6 is 22.6 Å². The summed E-state index contributed by atoms with van der Waals surface area (Å²) in [6.07, 6.45) is 2.17. The van der Waals surface area contributed by atoms with Crippen LogP contribution in [0.1, 0.15) is 25.3 Å². The van der Waals surface area contributed by atoms with E-state index in [0.29, 0.717) is 0 Å². The highest BCUT2D eigenvalue weighted by Gasteiger charge is 2.06. The zero-order chi connectivity index (χ0) is 10.4. The average Bonchev–Trinajstić information content (AvgIpc) is 2.20. The van der Waals surface area contributed by atoms with Crippen molar-refractivity contribution in [3.63, 3.8) is 0 Å². The molecule has 0 atom stereocenters. The largest absolute Gasteiger partial charge is 0.492 e. The lowest BCUT2D eigenvalue weighted by molar-refractivity contribution is 0.260. The molecule has 0 spiro atoms. The first-order chi connectivity index (χ1) is 6.79. The molecule has 0 aliphatic heterocycles. The van der Waals surface area contributed by atoms with Gasteiger partial charge in [-0.25, -0.2) is 0 Å². The molecule has 0 aliphatic carbocycles. The molecule has 14 heavy (non-hydrogen) atoms. The lowest BCUT2D eigenvalue weighted by atomic mass is 10.2. The van der Waals surface area contributed by atoms with E-state index >= 15 is 0 Å². The van der Waals surface area contributed by atoms with Crippen LogP contribution in [0.5, 0.6) is 5.75 Å². The smallest absolute Gasteiger partial charge is 0.138 e. The molecule has 1 N–H and O–H groups in total. The number of hydrogen-bond donors (Lipinski definition) is 1. The summed E-state index contributed by atoms with van der Waals surface area (Å²) < 4.78 is 6.69. The first-order valence-corrected chi connectivity index (χ1v) is 5.88. The van der Waals surface area contributed by atoms with Crippen LogP contribution < -0.4 is 4.74 Å². The van der Waals surface area contributed by atoms with E-state index in [2.05, 4.69) is 29.5 Å². The van der Waals surface area contributed by atoms with Crippen molar-refractivity contribution in [3.05, 3.63) is 27.3 Å². The molecule has 0 saturated carbocycles. The highest BCUT2D eigenvalue weighted by atomic mass is 127. The molecule has 0 bridgehead atoms. The first kappa shape index (κ1) is 11.8. The zero-order valence-corrected chi connectivity index (χ0v) is 10.5. The van der Waals surface area contributed by atoms with Crippen LogP contribution in [0.4, 0.5) is 0 Å². The SMILES string of the molecule is CCCCOc1c(I)cccc1CO. The maximum Gasteiger partial charge on any atom is 0.138 e. The Morgan fingerprint density at radius 2 is 2.21 bits per heavy atom. The summed E-state index contributed by atoms with van der Waals surface area (Å²) in [5, 5.41) is 9.12. The maximum atomic E-state index is 9.12. The standard InChI is InChI=1S/C11H15IO2/c1-2-3-7-14-11-9(8-13)5-4-6-10(11)12/h4-6,13H,2-3,7-8H2,1H3. The minimum absolute atomic E-state index is 0.0400. The second-order valence-electron chi connectivity index (χ2n) is 3.09. The predicted octanol–water partition coefficient (Wildman–Crippen LogP) is 2.96. The van der Waals surface area contributed by atoms with Crippen molar-refractivity contribution in [3.8, 4) is 5.75 Å². The molecule has 0 aromatic heterocycles. The van der Waals surface area contributed by atoms with Gasteiger partial charge in [-0.15, -0.1) is 0 Å². The molecular formula is C11H15IO2. The number of para-hydroxylation sites is 1. The number of aliphatic hydroxyl groups is 1. The quantitative estimate of drug-likeness (QED) is 0.669. The van der Waals surface area contributed by atoms with Crippen LogP contribution in [0.2, 0.25) is 0 Å². The second kappa shape index (κ2) is 6.24. The van der Waals surface area contributed by atoms with Crippen LogP contribution in [-0.4, -0.2) is 11.7 Å². The van der Waals surface area contributed by atoms with E-state index < -0.39 is 0 Å². The molecule has 78 valence electrons. The third-order valence-corrected chi connectivity index (χ3v) is 2.81. The van der Waals surface area contributed by atoms with Gasteiger partial charge in [-0.3, -0.25) is 0 Å². The van der Waals surface area contributed by atoms with Crippen molar-refractivity contribution in [2.45, 2.75) is 26.4 Å². The minimum atomic E-state index is 0.0400. The Balaban J connectivity index is 2.72. The Hall–Kier alpha value is -0.290. The summed E-state index contributed by atoms with van der Waals surface area (Å²) >= 11 is 2.22. The molecule has 1 rings (SSSR count).